The van der Waals surface area contributed by atoms with Crippen molar-refractivity contribution in [3.05, 3.63) is 0 Å². The molecule has 2 aliphatic rings. The first-order chi connectivity index (χ1) is 8.07. The summed E-state index contributed by atoms with van der Waals surface area (Å²) in [5.41, 5.74) is 0.273. The van der Waals surface area contributed by atoms with Crippen LogP contribution in [0.15, 0.2) is 0 Å². The van der Waals surface area contributed by atoms with Crippen LogP contribution in [0.2, 0.25) is 0 Å². The maximum absolute atomic E-state index is 6.29. The van der Waals surface area contributed by atoms with Gasteiger partial charge in [-0.15, -0.1) is 0 Å². The van der Waals surface area contributed by atoms with Crippen LogP contribution in [0.5, 0.6) is 0 Å². The van der Waals surface area contributed by atoms with E-state index in [1.807, 2.05) is 14.2 Å². The van der Waals surface area contributed by atoms with Gasteiger partial charge in [0.05, 0.1) is 18.3 Å². The number of nitrogens with one attached hydrogen (secondary N) is 1. The standard InChI is InChI=1S/C14H27NO2/c1-14(2)12(15-3)9-13(14)17-11-7-5-6-10(8-11)16-4/h10-13,15H,5-9H2,1-4H3. The number of hydrogen-bond acceptors (Lipinski definition) is 3. The van der Waals surface area contributed by atoms with Crippen LogP contribution in [-0.2, 0) is 9.47 Å². The Morgan fingerprint density at radius 2 is 1.82 bits per heavy atom. The van der Waals surface area contributed by atoms with E-state index in [1.165, 1.54) is 19.3 Å². The van der Waals surface area contributed by atoms with E-state index in [1.54, 1.807) is 0 Å². The van der Waals surface area contributed by atoms with E-state index in [0.29, 0.717) is 24.4 Å². The third-order valence-corrected chi connectivity index (χ3v) is 4.79. The Bertz CT molecular complexity index is 255. The third kappa shape index (κ3) is 2.67. The summed E-state index contributed by atoms with van der Waals surface area (Å²) in [7, 11) is 3.86. The predicted molar refractivity (Wildman–Crippen MR) is 69.2 cm³/mol. The molecule has 0 amide bonds. The van der Waals surface area contributed by atoms with Gasteiger partial charge in [-0.2, -0.15) is 0 Å². The summed E-state index contributed by atoms with van der Waals surface area (Å²) in [6, 6.07) is 0.606. The van der Waals surface area contributed by atoms with Crippen LogP contribution < -0.4 is 5.32 Å². The number of methoxy groups -OCH3 is 1. The molecule has 1 N–H and O–H groups in total. The zero-order valence-electron chi connectivity index (χ0n) is 11.7. The Labute approximate surface area is 105 Å². The van der Waals surface area contributed by atoms with Crippen molar-refractivity contribution in [2.24, 2.45) is 5.41 Å². The molecule has 4 atom stereocenters. The molecule has 2 rings (SSSR count). The third-order valence-electron chi connectivity index (χ3n) is 4.79. The van der Waals surface area contributed by atoms with Gasteiger partial charge < -0.3 is 14.8 Å². The van der Waals surface area contributed by atoms with Crippen LogP contribution in [0.25, 0.3) is 0 Å². The quantitative estimate of drug-likeness (QED) is 0.819. The minimum atomic E-state index is 0.273. The molecule has 0 saturated heterocycles. The van der Waals surface area contributed by atoms with Gasteiger partial charge in [0, 0.05) is 18.6 Å². The second-order valence-electron chi connectivity index (χ2n) is 6.17. The van der Waals surface area contributed by atoms with E-state index < -0.39 is 0 Å². The van der Waals surface area contributed by atoms with Crippen LogP contribution in [0.3, 0.4) is 0 Å². The van der Waals surface area contributed by atoms with Crippen molar-refractivity contribution in [2.75, 3.05) is 14.2 Å². The van der Waals surface area contributed by atoms with Crippen LogP contribution in [-0.4, -0.2) is 38.5 Å². The lowest BCUT2D eigenvalue weighted by Gasteiger charge is -2.53. The lowest BCUT2D eigenvalue weighted by Crippen LogP contribution is -2.61. The first kappa shape index (κ1) is 13.3. The van der Waals surface area contributed by atoms with E-state index in [0.717, 1.165) is 12.8 Å². The smallest absolute Gasteiger partial charge is 0.0659 e. The molecular formula is C14H27NO2. The molecule has 0 spiro atoms. The summed E-state index contributed by atoms with van der Waals surface area (Å²) in [6.07, 6.45) is 7.12. The Morgan fingerprint density at radius 3 is 2.41 bits per heavy atom. The number of rotatable bonds is 4. The van der Waals surface area contributed by atoms with E-state index in [9.17, 15) is 0 Å². The van der Waals surface area contributed by atoms with Gasteiger partial charge in [0.2, 0.25) is 0 Å². The molecular weight excluding hydrogens is 214 g/mol. The van der Waals surface area contributed by atoms with Crippen molar-refractivity contribution in [3.63, 3.8) is 0 Å². The average molecular weight is 241 g/mol. The minimum absolute atomic E-state index is 0.273. The zero-order chi connectivity index (χ0) is 12.5. The molecule has 2 saturated carbocycles. The molecule has 0 aromatic rings. The number of ether oxygens (including phenoxy) is 2. The van der Waals surface area contributed by atoms with Crippen LogP contribution in [0.4, 0.5) is 0 Å². The monoisotopic (exact) mass is 241 g/mol. The molecule has 3 nitrogen and oxygen atoms in total. The highest BCUT2D eigenvalue weighted by molar-refractivity contribution is 5.02. The lowest BCUT2D eigenvalue weighted by molar-refractivity contribution is -0.162. The highest BCUT2D eigenvalue weighted by Gasteiger charge is 2.49. The van der Waals surface area contributed by atoms with E-state index in [-0.39, 0.29) is 5.41 Å². The minimum Gasteiger partial charge on any atom is -0.381 e. The molecule has 0 radical (unpaired) electrons. The van der Waals surface area contributed by atoms with Crippen LogP contribution in [0, 0.1) is 5.41 Å². The van der Waals surface area contributed by atoms with Crippen molar-refractivity contribution in [2.45, 2.75) is 70.3 Å². The predicted octanol–water partition coefficient (Wildman–Crippen LogP) is 2.35. The summed E-state index contributed by atoms with van der Waals surface area (Å²) in [4.78, 5) is 0. The molecule has 100 valence electrons. The Kier molecular flexibility index (Phi) is 4.11. The maximum atomic E-state index is 6.29. The molecule has 0 aliphatic heterocycles. The topological polar surface area (TPSA) is 30.5 Å². The second-order valence-corrected chi connectivity index (χ2v) is 6.17. The molecule has 3 heteroatoms. The molecule has 2 aliphatic carbocycles. The summed E-state index contributed by atoms with van der Waals surface area (Å²) in [5.74, 6) is 0. The van der Waals surface area contributed by atoms with Gasteiger partial charge in [0.25, 0.3) is 0 Å². The van der Waals surface area contributed by atoms with Gasteiger partial charge in [-0.05, 0) is 39.2 Å². The van der Waals surface area contributed by atoms with Gasteiger partial charge in [0.1, 0.15) is 0 Å². The van der Waals surface area contributed by atoms with Crippen LogP contribution in [0.1, 0.15) is 46.0 Å². The van der Waals surface area contributed by atoms with Crippen LogP contribution >= 0.6 is 0 Å². The van der Waals surface area contributed by atoms with E-state index >= 15 is 0 Å². The molecule has 17 heavy (non-hydrogen) atoms. The zero-order valence-corrected chi connectivity index (χ0v) is 11.7. The normalized spacial score (nSPS) is 40.9. The fourth-order valence-corrected chi connectivity index (χ4v) is 3.28. The fraction of sp³-hybridized carbons (Fsp3) is 1.00. The average Bonchev–Trinajstić information content (AvgIpc) is 2.34. The van der Waals surface area contributed by atoms with Crippen molar-refractivity contribution >= 4 is 0 Å². The summed E-state index contributed by atoms with van der Waals surface area (Å²) < 4.78 is 11.7. The van der Waals surface area contributed by atoms with Gasteiger partial charge in [0.15, 0.2) is 0 Å². The van der Waals surface area contributed by atoms with Gasteiger partial charge >= 0.3 is 0 Å². The first-order valence-electron chi connectivity index (χ1n) is 6.93. The molecule has 0 aromatic carbocycles. The summed E-state index contributed by atoms with van der Waals surface area (Å²) in [5, 5.41) is 3.37. The Hall–Kier alpha value is -0.120. The largest absolute Gasteiger partial charge is 0.381 e. The molecule has 2 fully saturated rings. The fourth-order valence-electron chi connectivity index (χ4n) is 3.28. The summed E-state index contributed by atoms with van der Waals surface area (Å²) in [6.45, 7) is 4.61. The highest BCUT2D eigenvalue weighted by atomic mass is 16.5. The highest BCUT2D eigenvalue weighted by Crippen LogP contribution is 2.44. The van der Waals surface area contributed by atoms with Gasteiger partial charge in [-0.3, -0.25) is 0 Å². The van der Waals surface area contributed by atoms with Crippen molar-refractivity contribution in [1.82, 2.24) is 5.32 Å². The van der Waals surface area contributed by atoms with Gasteiger partial charge in [-0.1, -0.05) is 13.8 Å². The molecule has 0 heterocycles. The first-order valence-corrected chi connectivity index (χ1v) is 6.93. The second kappa shape index (κ2) is 5.25. The maximum Gasteiger partial charge on any atom is 0.0659 e. The molecule has 0 aromatic heterocycles. The van der Waals surface area contributed by atoms with E-state index in [2.05, 4.69) is 19.2 Å². The Balaban J connectivity index is 1.82. The van der Waals surface area contributed by atoms with Crippen molar-refractivity contribution in [3.8, 4) is 0 Å². The number of hydrogen-bond donors (Lipinski definition) is 1. The van der Waals surface area contributed by atoms with E-state index in [4.69, 9.17) is 9.47 Å². The van der Waals surface area contributed by atoms with Gasteiger partial charge in [-0.25, -0.2) is 0 Å². The molecule has 4 unspecified atom stereocenters. The summed E-state index contributed by atoms with van der Waals surface area (Å²) >= 11 is 0. The Morgan fingerprint density at radius 1 is 1.12 bits per heavy atom. The lowest BCUT2D eigenvalue weighted by atomic mass is 9.64. The SMILES string of the molecule is CNC1CC(OC2CCCC(OC)C2)C1(C)C. The van der Waals surface area contributed by atoms with Crippen molar-refractivity contribution in [1.29, 1.82) is 0 Å². The molecule has 0 bridgehead atoms. The van der Waals surface area contributed by atoms with Crippen molar-refractivity contribution < 1.29 is 9.47 Å².